The van der Waals surface area contributed by atoms with E-state index in [-0.39, 0.29) is 11.2 Å². The van der Waals surface area contributed by atoms with Gasteiger partial charge in [0.05, 0.1) is 5.25 Å². The summed E-state index contributed by atoms with van der Waals surface area (Å²) in [5.41, 5.74) is 2.36. The van der Waals surface area contributed by atoms with Crippen molar-refractivity contribution in [3.8, 4) is 0 Å². The van der Waals surface area contributed by atoms with Crippen LogP contribution < -0.4 is 5.32 Å². The topological polar surface area (TPSA) is 96.5 Å². The third-order valence-electron chi connectivity index (χ3n) is 3.42. The van der Waals surface area contributed by atoms with Gasteiger partial charge in [0.1, 0.15) is 5.52 Å². The number of benzene rings is 1. The van der Waals surface area contributed by atoms with Gasteiger partial charge in [-0.2, -0.15) is 0 Å². The number of H-pyrrole nitrogens is 1. The summed E-state index contributed by atoms with van der Waals surface area (Å²) in [4.78, 5) is 23.9. The number of carbonyl (C=O) groups is 1. The molecule has 3 aromatic heterocycles. The fourth-order valence-electron chi connectivity index (χ4n) is 2.26. The minimum absolute atomic E-state index is 0.143. The molecule has 7 nitrogen and oxygen atoms in total. The highest BCUT2D eigenvalue weighted by Crippen LogP contribution is 2.25. The summed E-state index contributed by atoms with van der Waals surface area (Å²) in [6, 6.07) is 7.84. The van der Waals surface area contributed by atoms with Gasteiger partial charge in [-0.1, -0.05) is 30.0 Å². The molecule has 120 valence electrons. The normalized spacial score (nSPS) is 12.5. The first-order valence-electron chi connectivity index (χ1n) is 7.19. The number of aromatic amines is 1. The molecule has 9 heteroatoms. The van der Waals surface area contributed by atoms with Gasteiger partial charge in [0.25, 0.3) is 0 Å². The Labute approximate surface area is 144 Å². The molecule has 3 heterocycles. The predicted octanol–water partition coefficient (Wildman–Crippen LogP) is 3.08. The van der Waals surface area contributed by atoms with Gasteiger partial charge in [0, 0.05) is 22.5 Å². The van der Waals surface area contributed by atoms with E-state index >= 15 is 0 Å². The van der Waals surface area contributed by atoms with Crippen molar-refractivity contribution in [2.45, 2.75) is 17.3 Å². The van der Waals surface area contributed by atoms with Crippen molar-refractivity contribution in [3.05, 3.63) is 35.8 Å². The molecular weight excluding hydrogens is 344 g/mol. The van der Waals surface area contributed by atoms with Crippen LogP contribution in [0.4, 0.5) is 5.13 Å². The standard InChI is InChI=1S/C15H12N6OS2/c1-8(13(22)19-14-16-6-7-23-14)24-15-18-12-11(20-21-15)9-4-2-3-5-10(9)17-12/h2-8H,1H3,(H,16,19,22)(H,17,18,21). The van der Waals surface area contributed by atoms with Crippen LogP contribution in [0.2, 0.25) is 0 Å². The third kappa shape index (κ3) is 2.83. The van der Waals surface area contributed by atoms with Crippen LogP contribution in [0.3, 0.4) is 0 Å². The van der Waals surface area contributed by atoms with Crippen molar-refractivity contribution >= 4 is 56.2 Å². The van der Waals surface area contributed by atoms with Crippen LogP contribution in [0.15, 0.2) is 41.0 Å². The maximum Gasteiger partial charge on any atom is 0.239 e. The molecule has 0 aliphatic heterocycles. The van der Waals surface area contributed by atoms with E-state index < -0.39 is 0 Å². The molecule has 0 saturated heterocycles. The molecular formula is C15H12N6OS2. The summed E-state index contributed by atoms with van der Waals surface area (Å²) in [5.74, 6) is -0.143. The Kier molecular flexibility index (Phi) is 3.87. The fourth-order valence-corrected chi connectivity index (χ4v) is 3.51. The predicted molar refractivity (Wildman–Crippen MR) is 95.3 cm³/mol. The Morgan fingerprint density at radius 1 is 1.33 bits per heavy atom. The van der Waals surface area contributed by atoms with Crippen LogP contribution >= 0.6 is 23.1 Å². The maximum absolute atomic E-state index is 12.2. The van der Waals surface area contributed by atoms with E-state index in [0.717, 1.165) is 16.4 Å². The Bertz CT molecular complexity index is 1010. The van der Waals surface area contributed by atoms with Crippen molar-refractivity contribution in [2.75, 3.05) is 5.32 Å². The summed E-state index contributed by atoms with van der Waals surface area (Å²) in [6.07, 6.45) is 1.65. The summed E-state index contributed by atoms with van der Waals surface area (Å²) in [6.45, 7) is 1.80. The first-order valence-corrected chi connectivity index (χ1v) is 8.95. The van der Waals surface area contributed by atoms with Crippen LogP contribution in [-0.2, 0) is 4.79 Å². The highest BCUT2D eigenvalue weighted by atomic mass is 32.2. The number of nitrogens with one attached hydrogen (secondary N) is 2. The first kappa shape index (κ1) is 15.0. The number of aromatic nitrogens is 5. The minimum atomic E-state index is -0.363. The van der Waals surface area contributed by atoms with E-state index in [1.54, 1.807) is 13.1 Å². The smallest absolute Gasteiger partial charge is 0.239 e. The molecule has 0 radical (unpaired) electrons. The zero-order valence-corrected chi connectivity index (χ0v) is 14.2. The van der Waals surface area contributed by atoms with Gasteiger partial charge in [0.15, 0.2) is 10.8 Å². The van der Waals surface area contributed by atoms with Crippen molar-refractivity contribution in [1.29, 1.82) is 0 Å². The number of nitrogens with zero attached hydrogens (tertiary/aromatic N) is 4. The highest BCUT2D eigenvalue weighted by Gasteiger charge is 2.18. The minimum Gasteiger partial charge on any atom is -0.338 e. The number of thiazole rings is 1. The van der Waals surface area contributed by atoms with Crippen molar-refractivity contribution in [2.24, 2.45) is 0 Å². The fraction of sp³-hybridized carbons (Fsp3) is 0.133. The van der Waals surface area contributed by atoms with Crippen LogP contribution in [0.5, 0.6) is 0 Å². The largest absolute Gasteiger partial charge is 0.338 e. The van der Waals surface area contributed by atoms with E-state index in [0.29, 0.717) is 15.9 Å². The number of anilines is 1. The van der Waals surface area contributed by atoms with E-state index in [4.69, 9.17) is 0 Å². The van der Waals surface area contributed by atoms with E-state index in [1.165, 1.54) is 23.1 Å². The SMILES string of the molecule is CC(Sc1nnc2c(n1)[nH]c1ccccc12)C(=O)Nc1nccs1. The van der Waals surface area contributed by atoms with Crippen molar-refractivity contribution < 1.29 is 4.79 Å². The maximum atomic E-state index is 12.2. The molecule has 0 spiro atoms. The van der Waals surface area contributed by atoms with Gasteiger partial charge in [-0.05, 0) is 13.0 Å². The number of carbonyl (C=O) groups excluding carboxylic acids is 1. The summed E-state index contributed by atoms with van der Waals surface area (Å²) in [5, 5.41) is 14.6. The molecule has 0 aliphatic carbocycles. The summed E-state index contributed by atoms with van der Waals surface area (Å²) >= 11 is 2.64. The Morgan fingerprint density at radius 3 is 3.04 bits per heavy atom. The van der Waals surface area contributed by atoms with E-state index in [9.17, 15) is 4.79 Å². The molecule has 0 bridgehead atoms. The lowest BCUT2D eigenvalue weighted by Crippen LogP contribution is -2.22. The van der Waals surface area contributed by atoms with Crippen molar-refractivity contribution in [1.82, 2.24) is 25.1 Å². The van der Waals surface area contributed by atoms with Crippen LogP contribution in [0.25, 0.3) is 22.1 Å². The summed E-state index contributed by atoms with van der Waals surface area (Å²) < 4.78 is 0. The van der Waals surface area contributed by atoms with Gasteiger partial charge in [0.2, 0.25) is 11.1 Å². The number of hydrogen-bond donors (Lipinski definition) is 2. The van der Waals surface area contributed by atoms with Gasteiger partial charge in [-0.25, -0.2) is 9.97 Å². The first-order chi connectivity index (χ1) is 11.7. The van der Waals surface area contributed by atoms with Crippen molar-refractivity contribution in [3.63, 3.8) is 0 Å². The number of amides is 1. The number of hydrogen-bond acceptors (Lipinski definition) is 7. The average molecular weight is 356 g/mol. The van der Waals surface area contributed by atoms with Crippen LogP contribution in [0, 0.1) is 0 Å². The molecule has 0 fully saturated rings. The molecule has 4 aromatic rings. The van der Waals surface area contributed by atoms with Gasteiger partial charge >= 0.3 is 0 Å². The number of rotatable bonds is 4. The number of para-hydroxylation sites is 1. The average Bonchev–Trinajstić information content (AvgIpc) is 3.21. The Balaban J connectivity index is 1.55. The molecule has 1 amide bonds. The number of fused-ring (bicyclic) bond motifs is 3. The lowest BCUT2D eigenvalue weighted by molar-refractivity contribution is -0.115. The Hall–Kier alpha value is -2.52. The zero-order valence-electron chi connectivity index (χ0n) is 12.6. The molecule has 4 rings (SSSR count). The van der Waals surface area contributed by atoms with Crippen LogP contribution in [-0.4, -0.2) is 36.3 Å². The molecule has 0 aliphatic rings. The second-order valence-corrected chi connectivity index (χ2v) is 7.25. The van der Waals surface area contributed by atoms with Crippen LogP contribution in [0.1, 0.15) is 6.92 Å². The van der Waals surface area contributed by atoms with E-state index in [1.807, 2.05) is 29.6 Å². The second-order valence-electron chi connectivity index (χ2n) is 5.05. The molecule has 1 aromatic carbocycles. The molecule has 0 saturated carbocycles. The van der Waals surface area contributed by atoms with Gasteiger partial charge < -0.3 is 10.3 Å². The number of thioether (sulfide) groups is 1. The summed E-state index contributed by atoms with van der Waals surface area (Å²) in [7, 11) is 0. The monoisotopic (exact) mass is 356 g/mol. The Morgan fingerprint density at radius 2 is 2.21 bits per heavy atom. The van der Waals surface area contributed by atoms with Gasteiger partial charge in [-0.15, -0.1) is 21.5 Å². The second kappa shape index (κ2) is 6.17. The lowest BCUT2D eigenvalue weighted by atomic mass is 10.2. The molecule has 2 N–H and O–H groups in total. The molecule has 1 atom stereocenters. The quantitative estimate of drug-likeness (QED) is 0.546. The third-order valence-corrected chi connectivity index (χ3v) is 5.06. The molecule has 24 heavy (non-hydrogen) atoms. The zero-order chi connectivity index (χ0) is 16.5. The van der Waals surface area contributed by atoms with E-state index in [2.05, 4.69) is 30.5 Å². The lowest BCUT2D eigenvalue weighted by Gasteiger charge is -2.08. The molecule has 1 unspecified atom stereocenters. The van der Waals surface area contributed by atoms with Gasteiger partial charge in [-0.3, -0.25) is 4.79 Å². The highest BCUT2D eigenvalue weighted by molar-refractivity contribution is 8.00.